The fourth-order valence-corrected chi connectivity index (χ4v) is 3.29. The van der Waals surface area contributed by atoms with Crippen molar-refractivity contribution in [2.24, 2.45) is 5.73 Å². The average molecular weight is 408 g/mol. The number of aromatic nitrogens is 1. The lowest BCUT2D eigenvalue weighted by molar-refractivity contribution is 0.0864. The lowest BCUT2D eigenvalue weighted by atomic mass is 10.1. The Morgan fingerprint density at radius 1 is 1.10 bits per heavy atom. The molecule has 0 aliphatic carbocycles. The first-order chi connectivity index (χ1) is 14.4. The number of rotatable bonds is 8. The van der Waals surface area contributed by atoms with Crippen molar-refractivity contribution in [3.05, 3.63) is 65.4 Å². The van der Waals surface area contributed by atoms with Crippen LogP contribution in [0.1, 0.15) is 35.5 Å². The van der Waals surface area contributed by atoms with Gasteiger partial charge in [-0.05, 0) is 42.4 Å². The number of nitrogens with zero attached hydrogens (tertiary/aromatic N) is 2. The van der Waals surface area contributed by atoms with Crippen molar-refractivity contribution < 1.29 is 9.53 Å². The van der Waals surface area contributed by atoms with E-state index >= 15 is 0 Å². The second kappa shape index (κ2) is 9.45. The molecule has 0 aliphatic heterocycles. The number of hydrogen-bond donors (Lipinski definition) is 3. The fraction of sp³-hybridized carbons (Fsp3) is 0.304. The summed E-state index contributed by atoms with van der Waals surface area (Å²) in [5, 5.41) is 8.30. The highest BCUT2D eigenvalue weighted by molar-refractivity contribution is 6.05. The quantitative estimate of drug-likeness (QED) is 0.393. The summed E-state index contributed by atoms with van der Waals surface area (Å²) < 4.78 is 5.99. The topological polar surface area (TPSA) is 98.4 Å². The Kier molecular flexibility index (Phi) is 6.74. The second-order valence-corrected chi connectivity index (χ2v) is 7.25. The Morgan fingerprint density at radius 2 is 1.83 bits per heavy atom. The van der Waals surface area contributed by atoms with Gasteiger partial charge in [0.15, 0.2) is 5.96 Å². The van der Waals surface area contributed by atoms with Crippen LogP contribution in [0.5, 0.6) is 5.75 Å². The molecule has 30 heavy (non-hydrogen) atoms. The molecule has 1 aromatic heterocycles. The number of guanidine groups is 1. The maximum atomic E-state index is 12.3. The molecular weight excluding hydrogens is 378 g/mol. The summed E-state index contributed by atoms with van der Waals surface area (Å²) in [6.07, 6.45) is 0. The molecule has 4 N–H and O–H groups in total. The van der Waals surface area contributed by atoms with Gasteiger partial charge in [-0.3, -0.25) is 20.0 Å². The molecule has 7 heteroatoms. The first kappa shape index (κ1) is 21.4. The number of benzene rings is 2. The molecular formula is C23H29N5O2. The third-order valence-corrected chi connectivity index (χ3v) is 5.19. The van der Waals surface area contributed by atoms with Gasteiger partial charge in [0.1, 0.15) is 18.1 Å². The molecule has 0 radical (unpaired) electrons. The normalized spacial score (nSPS) is 11.1. The van der Waals surface area contributed by atoms with E-state index in [0.717, 1.165) is 46.8 Å². The number of carbonyl (C=O) groups is 1. The van der Waals surface area contributed by atoms with E-state index in [4.69, 9.17) is 15.9 Å². The zero-order valence-electron chi connectivity index (χ0n) is 17.7. The van der Waals surface area contributed by atoms with Gasteiger partial charge in [-0.2, -0.15) is 0 Å². The van der Waals surface area contributed by atoms with Crippen LogP contribution in [0.25, 0.3) is 10.9 Å². The maximum Gasteiger partial charge on any atom is 0.276 e. The van der Waals surface area contributed by atoms with E-state index in [0.29, 0.717) is 12.3 Å². The molecule has 3 aromatic rings. The number of amides is 1. The predicted octanol–water partition coefficient (Wildman–Crippen LogP) is 3.55. The average Bonchev–Trinajstić information content (AvgIpc) is 3.18. The van der Waals surface area contributed by atoms with Crippen LogP contribution < -0.4 is 10.5 Å². The van der Waals surface area contributed by atoms with Gasteiger partial charge in [0, 0.05) is 30.6 Å². The molecule has 1 amide bonds. The summed E-state index contributed by atoms with van der Waals surface area (Å²) in [4.78, 5) is 18.9. The van der Waals surface area contributed by atoms with E-state index in [9.17, 15) is 4.79 Å². The molecule has 2 aromatic carbocycles. The summed E-state index contributed by atoms with van der Waals surface area (Å²) >= 11 is 0. The first-order valence-corrected chi connectivity index (χ1v) is 10.1. The standard InChI is InChI=1S/C23H29N5O2/c1-4-28(5-2)14-16-7-6-8-17(11-16)15-30-19-10-9-18-12-21(26-20(18)13-19)22(29)27(3)23(24)25/h6-13,26H,4-5,14-15H2,1-3H3,(H3,24,25). The molecule has 7 nitrogen and oxygen atoms in total. The summed E-state index contributed by atoms with van der Waals surface area (Å²) in [5.41, 5.74) is 8.96. The highest BCUT2D eigenvalue weighted by atomic mass is 16.5. The highest BCUT2D eigenvalue weighted by Crippen LogP contribution is 2.23. The van der Waals surface area contributed by atoms with Crippen LogP contribution in [0.3, 0.4) is 0 Å². The van der Waals surface area contributed by atoms with Gasteiger partial charge in [0.05, 0.1) is 0 Å². The lowest BCUT2D eigenvalue weighted by Crippen LogP contribution is -2.38. The number of nitrogens with one attached hydrogen (secondary N) is 2. The van der Waals surface area contributed by atoms with Gasteiger partial charge < -0.3 is 15.5 Å². The van der Waals surface area contributed by atoms with Gasteiger partial charge in [0.25, 0.3) is 5.91 Å². The number of aromatic amines is 1. The molecule has 0 saturated carbocycles. The second-order valence-electron chi connectivity index (χ2n) is 7.25. The van der Waals surface area contributed by atoms with Gasteiger partial charge >= 0.3 is 0 Å². The number of hydrogen-bond acceptors (Lipinski definition) is 4. The number of H-pyrrole nitrogens is 1. The van der Waals surface area contributed by atoms with Crippen molar-refractivity contribution in [1.29, 1.82) is 5.41 Å². The molecule has 0 atom stereocenters. The van der Waals surface area contributed by atoms with Crippen LogP contribution >= 0.6 is 0 Å². The molecule has 0 saturated heterocycles. The number of carbonyl (C=O) groups excluding carboxylic acids is 1. The molecule has 158 valence electrons. The van der Waals surface area contributed by atoms with Crippen molar-refractivity contribution in [3.8, 4) is 5.75 Å². The van der Waals surface area contributed by atoms with Crippen molar-refractivity contribution in [2.75, 3.05) is 20.1 Å². The monoisotopic (exact) mass is 407 g/mol. The van der Waals surface area contributed by atoms with Crippen LogP contribution in [-0.2, 0) is 13.2 Å². The Morgan fingerprint density at radius 3 is 2.53 bits per heavy atom. The Bertz CT molecular complexity index is 1040. The zero-order valence-corrected chi connectivity index (χ0v) is 17.7. The molecule has 1 heterocycles. The molecule has 0 bridgehead atoms. The molecule has 0 aliphatic rings. The first-order valence-electron chi connectivity index (χ1n) is 10.1. The van der Waals surface area contributed by atoms with Crippen molar-refractivity contribution in [3.63, 3.8) is 0 Å². The summed E-state index contributed by atoms with van der Waals surface area (Å²) in [6, 6.07) is 15.9. The summed E-state index contributed by atoms with van der Waals surface area (Å²) in [7, 11) is 1.47. The highest BCUT2D eigenvalue weighted by Gasteiger charge is 2.16. The van der Waals surface area contributed by atoms with E-state index in [1.165, 1.54) is 12.6 Å². The Balaban J connectivity index is 1.69. The number of fused-ring (bicyclic) bond motifs is 1. The van der Waals surface area contributed by atoms with Crippen molar-refractivity contribution in [2.45, 2.75) is 27.0 Å². The number of ether oxygens (including phenoxy) is 1. The van der Waals surface area contributed by atoms with Gasteiger partial charge in [-0.1, -0.05) is 38.1 Å². The van der Waals surface area contributed by atoms with Crippen molar-refractivity contribution >= 4 is 22.8 Å². The minimum atomic E-state index is -0.355. The van der Waals surface area contributed by atoms with E-state index in [1.54, 1.807) is 6.07 Å². The fourth-order valence-electron chi connectivity index (χ4n) is 3.29. The van der Waals surface area contributed by atoms with Crippen LogP contribution in [0.2, 0.25) is 0 Å². The van der Waals surface area contributed by atoms with Gasteiger partial charge in [-0.25, -0.2) is 0 Å². The summed E-state index contributed by atoms with van der Waals surface area (Å²) in [5.74, 6) is 0.0644. The Hall–Kier alpha value is -3.32. The molecule has 0 fully saturated rings. The van der Waals surface area contributed by atoms with E-state index in [2.05, 4.69) is 48.0 Å². The van der Waals surface area contributed by atoms with Crippen LogP contribution in [-0.4, -0.2) is 46.8 Å². The van der Waals surface area contributed by atoms with Crippen LogP contribution in [0.15, 0.2) is 48.5 Å². The van der Waals surface area contributed by atoms with Crippen LogP contribution in [0.4, 0.5) is 0 Å². The third kappa shape index (κ3) is 4.99. The van der Waals surface area contributed by atoms with E-state index < -0.39 is 0 Å². The van der Waals surface area contributed by atoms with Crippen molar-refractivity contribution in [1.82, 2.24) is 14.8 Å². The number of nitrogens with two attached hydrogens (primary N) is 1. The van der Waals surface area contributed by atoms with Gasteiger partial charge in [0.2, 0.25) is 0 Å². The maximum absolute atomic E-state index is 12.3. The summed E-state index contributed by atoms with van der Waals surface area (Å²) in [6.45, 7) is 7.80. The predicted molar refractivity (Wildman–Crippen MR) is 120 cm³/mol. The van der Waals surface area contributed by atoms with E-state index in [1.807, 2.05) is 18.2 Å². The minimum Gasteiger partial charge on any atom is -0.489 e. The third-order valence-electron chi connectivity index (χ3n) is 5.19. The van der Waals surface area contributed by atoms with E-state index in [-0.39, 0.29) is 11.9 Å². The Labute approximate surface area is 176 Å². The largest absolute Gasteiger partial charge is 0.489 e. The molecule has 3 rings (SSSR count). The zero-order chi connectivity index (χ0) is 21.7. The molecule has 0 unspecified atom stereocenters. The minimum absolute atomic E-state index is 0.300. The van der Waals surface area contributed by atoms with Crippen LogP contribution in [0, 0.1) is 5.41 Å². The smallest absolute Gasteiger partial charge is 0.276 e. The van der Waals surface area contributed by atoms with Gasteiger partial charge in [-0.15, -0.1) is 0 Å². The molecule has 0 spiro atoms. The SMILES string of the molecule is CCN(CC)Cc1cccc(COc2ccc3cc(C(=O)N(C)C(=N)N)[nH]c3c2)c1. The lowest BCUT2D eigenvalue weighted by Gasteiger charge is -2.18.